The van der Waals surface area contributed by atoms with Crippen LogP contribution in [-0.4, -0.2) is 50.0 Å². The third-order valence-corrected chi connectivity index (χ3v) is 6.88. The lowest BCUT2D eigenvalue weighted by atomic mass is 9.91. The molecule has 1 aliphatic carbocycles. The maximum Gasteiger partial charge on any atom is 0.323 e. The van der Waals surface area contributed by atoms with Crippen molar-refractivity contribution in [3.05, 3.63) is 47.8 Å². The van der Waals surface area contributed by atoms with Crippen LogP contribution in [0.25, 0.3) is 0 Å². The Balaban J connectivity index is 2.00. The topological polar surface area (TPSA) is 100 Å². The number of hydrogen-bond acceptors (Lipinski definition) is 5. The normalized spacial score (nSPS) is 14.6. The number of nitrogens with zero attached hydrogens (tertiary/aromatic N) is 1. The molecular formula is C30H42FN3O5. The smallest absolute Gasteiger partial charge is 0.323 e. The molecule has 3 rings (SSSR count). The van der Waals surface area contributed by atoms with Gasteiger partial charge in [0.05, 0.1) is 31.0 Å². The molecule has 0 spiro atoms. The molecule has 2 aromatic rings. The monoisotopic (exact) mass is 543 g/mol. The zero-order valence-corrected chi connectivity index (χ0v) is 23.5. The highest BCUT2D eigenvalue weighted by Crippen LogP contribution is 2.38. The molecular weight excluding hydrogens is 501 g/mol. The Morgan fingerprint density at radius 1 is 1.10 bits per heavy atom. The molecule has 0 saturated heterocycles. The molecule has 1 saturated carbocycles. The highest BCUT2D eigenvalue weighted by molar-refractivity contribution is 6.02. The minimum atomic E-state index is -1.01. The lowest BCUT2D eigenvalue weighted by Crippen LogP contribution is -2.40. The first-order valence-electron chi connectivity index (χ1n) is 13.8. The van der Waals surface area contributed by atoms with E-state index in [0.717, 1.165) is 32.1 Å². The molecule has 1 unspecified atom stereocenters. The second-order valence-corrected chi connectivity index (χ2v) is 10.5. The summed E-state index contributed by atoms with van der Waals surface area (Å²) >= 11 is 0. The minimum Gasteiger partial charge on any atom is -0.494 e. The number of carbonyl (C=O) groups is 2. The molecule has 2 aromatic carbocycles. The number of carboxylic acid groups (broad SMARTS) is 1. The fourth-order valence-corrected chi connectivity index (χ4v) is 5.22. The summed E-state index contributed by atoms with van der Waals surface area (Å²) in [6, 6.07) is 9.72. The van der Waals surface area contributed by atoms with E-state index >= 15 is 4.39 Å². The lowest BCUT2D eigenvalue weighted by molar-refractivity contribution is -0.137. The number of anilines is 3. The van der Waals surface area contributed by atoms with Gasteiger partial charge in [-0.05, 0) is 67.6 Å². The SMILES string of the molecule is CCOc1ccc(NC(=O)Nc2cc(C(COC)CC(=O)O)cc(F)c2N(CC(C)C)C2CCCCC2)cc1. The number of aliphatic carboxylic acids is 1. The Hall–Kier alpha value is -3.33. The predicted octanol–water partition coefficient (Wildman–Crippen LogP) is 6.87. The van der Waals surface area contributed by atoms with Crippen LogP contribution in [0.5, 0.6) is 5.75 Å². The summed E-state index contributed by atoms with van der Waals surface area (Å²) in [5.74, 6) is -1.10. The summed E-state index contributed by atoms with van der Waals surface area (Å²) in [5.41, 5.74) is 1.67. The summed E-state index contributed by atoms with van der Waals surface area (Å²) in [6.45, 7) is 7.37. The van der Waals surface area contributed by atoms with Gasteiger partial charge in [0.1, 0.15) is 11.6 Å². The first-order valence-corrected chi connectivity index (χ1v) is 13.8. The molecule has 9 heteroatoms. The van der Waals surface area contributed by atoms with Gasteiger partial charge in [0.25, 0.3) is 0 Å². The van der Waals surface area contributed by atoms with Crippen molar-refractivity contribution in [2.75, 3.05) is 42.4 Å². The van der Waals surface area contributed by atoms with Crippen molar-refractivity contribution < 1.29 is 28.6 Å². The Labute approximate surface area is 230 Å². The Morgan fingerprint density at radius 2 is 1.79 bits per heavy atom. The van der Waals surface area contributed by atoms with Crippen LogP contribution in [0.4, 0.5) is 26.2 Å². The number of methoxy groups -OCH3 is 1. The molecule has 39 heavy (non-hydrogen) atoms. The second kappa shape index (κ2) is 14.7. The third-order valence-electron chi connectivity index (χ3n) is 6.88. The van der Waals surface area contributed by atoms with Crippen LogP contribution < -0.4 is 20.3 Å². The number of amides is 2. The highest BCUT2D eigenvalue weighted by Gasteiger charge is 2.29. The van der Waals surface area contributed by atoms with E-state index in [4.69, 9.17) is 9.47 Å². The summed E-state index contributed by atoms with van der Waals surface area (Å²) in [5, 5.41) is 15.1. The van der Waals surface area contributed by atoms with Crippen LogP contribution in [0, 0.1) is 11.7 Å². The molecule has 3 N–H and O–H groups in total. The Morgan fingerprint density at radius 3 is 2.38 bits per heavy atom. The molecule has 0 bridgehead atoms. The highest BCUT2D eigenvalue weighted by atomic mass is 19.1. The van der Waals surface area contributed by atoms with Crippen molar-refractivity contribution in [1.82, 2.24) is 0 Å². The number of hydrogen-bond donors (Lipinski definition) is 3. The van der Waals surface area contributed by atoms with Crippen LogP contribution >= 0.6 is 0 Å². The van der Waals surface area contributed by atoms with Crippen molar-refractivity contribution in [2.45, 2.75) is 71.3 Å². The molecule has 1 atom stereocenters. The van der Waals surface area contributed by atoms with Gasteiger partial charge >= 0.3 is 12.0 Å². The maximum absolute atomic E-state index is 16.1. The zero-order chi connectivity index (χ0) is 28.4. The van der Waals surface area contributed by atoms with Gasteiger partial charge in [-0.15, -0.1) is 0 Å². The Kier molecular flexibility index (Phi) is 11.4. The van der Waals surface area contributed by atoms with E-state index in [-0.39, 0.29) is 25.0 Å². The quantitative estimate of drug-likeness (QED) is 0.255. The number of carbonyl (C=O) groups excluding carboxylic acids is 1. The van der Waals surface area contributed by atoms with Gasteiger partial charge in [0.15, 0.2) is 0 Å². The molecule has 8 nitrogen and oxygen atoms in total. The number of rotatable bonds is 13. The van der Waals surface area contributed by atoms with Gasteiger partial charge in [-0.1, -0.05) is 33.1 Å². The number of ether oxygens (including phenoxy) is 2. The second-order valence-electron chi connectivity index (χ2n) is 10.5. The number of carboxylic acids is 1. The maximum atomic E-state index is 16.1. The lowest BCUT2D eigenvalue weighted by Gasteiger charge is -2.38. The van der Waals surface area contributed by atoms with Gasteiger partial charge in [-0.25, -0.2) is 9.18 Å². The first-order chi connectivity index (χ1) is 18.7. The van der Waals surface area contributed by atoms with Gasteiger partial charge in [0.2, 0.25) is 0 Å². The average molecular weight is 544 g/mol. The van der Waals surface area contributed by atoms with E-state index in [9.17, 15) is 14.7 Å². The average Bonchev–Trinajstić information content (AvgIpc) is 2.88. The summed E-state index contributed by atoms with van der Waals surface area (Å²) in [6.07, 6.45) is 5.01. The molecule has 2 amide bonds. The van der Waals surface area contributed by atoms with E-state index in [0.29, 0.717) is 41.5 Å². The molecule has 214 valence electrons. The standard InChI is InChI=1S/C30H42FN3O5/c1-5-39-25-13-11-23(12-14-25)32-30(37)33-27-16-21(22(19-38-4)17-28(35)36)15-26(31)29(27)34(18-20(2)3)24-9-7-6-8-10-24/h11-16,20,22,24H,5-10,17-19H2,1-4H3,(H,35,36)(H2,32,33,37). The minimum absolute atomic E-state index is 0.112. The van der Waals surface area contributed by atoms with Crippen LogP contribution in [0.1, 0.15) is 70.8 Å². The van der Waals surface area contributed by atoms with E-state index in [1.807, 2.05) is 6.92 Å². The summed E-state index contributed by atoms with van der Waals surface area (Å²) in [4.78, 5) is 26.8. The number of halogens is 1. The van der Waals surface area contributed by atoms with Gasteiger partial charge in [-0.2, -0.15) is 0 Å². The fourth-order valence-electron chi connectivity index (χ4n) is 5.22. The first kappa shape index (κ1) is 30.2. The van der Waals surface area contributed by atoms with Gasteiger partial charge in [0, 0.05) is 31.3 Å². The zero-order valence-electron chi connectivity index (χ0n) is 23.5. The number of urea groups is 1. The third kappa shape index (κ3) is 8.85. The molecule has 0 radical (unpaired) electrons. The largest absolute Gasteiger partial charge is 0.494 e. The Bertz CT molecular complexity index is 1090. The van der Waals surface area contributed by atoms with Crippen LogP contribution in [0.3, 0.4) is 0 Å². The molecule has 0 aromatic heterocycles. The van der Waals surface area contributed by atoms with E-state index in [2.05, 4.69) is 29.4 Å². The van der Waals surface area contributed by atoms with Crippen molar-refractivity contribution in [3.8, 4) is 5.75 Å². The van der Waals surface area contributed by atoms with Gasteiger partial charge in [-0.3, -0.25) is 4.79 Å². The molecule has 1 fully saturated rings. The molecule has 1 aliphatic rings. The number of nitrogens with one attached hydrogen (secondary N) is 2. The van der Waals surface area contributed by atoms with Crippen molar-refractivity contribution >= 4 is 29.1 Å². The number of benzene rings is 2. The van der Waals surface area contributed by atoms with Gasteiger partial charge < -0.3 is 30.1 Å². The van der Waals surface area contributed by atoms with Crippen LogP contribution in [-0.2, 0) is 9.53 Å². The van der Waals surface area contributed by atoms with Crippen molar-refractivity contribution in [2.24, 2.45) is 5.92 Å². The van der Waals surface area contributed by atoms with Crippen LogP contribution in [0.15, 0.2) is 36.4 Å². The fraction of sp³-hybridized carbons (Fsp3) is 0.533. The summed E-state index contributed by atoms with van der Waals surface area (Å²) in [7, 11) is 1.48. The van der Waals surface area contributed by atoms with Crippen molar-refractivity contribution in [1.29, 1.82) is 0 Å². The van der Waals surface area contributed by atoms with E-state index < -0.39 is 23.7 Å². The van der Waals surface area contributed by atoms with E-state index in [1.54, 1.807) is 30.3 Å². The molecule has 0 aliphatic heterocycles. The van der Waals surface area contributed by atoms with Crippen LogP contribution in [0.2, 0.25) is 0 Å². The predicted molar refractivity (Wildman–Crippen MR) is 153 cm³/mol. The summed E-state index contributed by atoms with van der Waals surface area (Å²) < 4.78 is 26.8. The van der Waals surface area contributed by atoms with E-state index in [1.165, 1.54) is 13.2 Å². The van der Waals surface area contributed by atoms with Crippen molar-refractivity contribution in [3.63, 3.8) is 0 Å². The molecule has 0 heterocycles.